The molecular weight excluding hydrogens is 258 g/mol. The average Bonchev–Trinajstić information content (AvgIpc) is 2.17. The van der Waals surface area contributed by atoms with Crippen molar-refractivity contribution in [3.63, 3.8) is 0 Å². The van der Waals surface area contributed by atoms with Gasteiger partial charge in [0.05, 0.1) is 4.83 Å². The van der Waals surface area contributed by atoms with Crippen LogP contribution in [0.2, 0.25) is 0 Å². The van der Waals surface area contributed by atoms with E-state index in [9.17, 15) is 9.59 Å². The minimum Gasteiger partial charge on any atom is -0.326 e. The highest BCUT2D eigenvalue weighted by Gasteiger charge is 2.11. The Labute approximate surface area is 97.0 Å². The molecule has 4 heteroatoms. The molecule has 1 aromatic rings. The molecule has 1 amide bonds. The fourth-order valence-electron chi connectivity index (χ4n) is 1.15. The van der Waals surface area contributed by atoms with Crippen LogP contribution in [-0.4, -0.2) is 16.5 Å². The Morgan fingerprint density at radius 3 is 2.20 bits per heavy atom. The van der Waals surface area contributed by atoms with Crippen LogP contribution in [0.1, 0.15) is 24.2 Å². The van der Waals surface area contributed by atoms with E-state index in [4.69, 9.17) is 0 Å². The fourth-order valence-corrected chi connectivity index (χ4v) is 1.42. The van der Waals surface area contributed by atoms with Gasteiger partial charge < -0.3 is 5.32 Å². The number of carbonyl (C=O) groups is 2. The Hall–Kier alpha value is -1.16. The molecule has 0 heterocycles. The van der Waals surface area contributed by atoms with Crippen molar-refractivity contribution in [1.82, 2.24) is 0 Å². The number of anilines is 1. The van der Waals surface area contributed by atoms with Crippen LogP contribution in [0.25, 0.3) is 0 Å². The maximum absolute atomic E-state index is 11.5. The van der Waals surface area contributed by atoms with Gasteiger partial charge in [-0.15, -0.1) is 0 Å². The number of rotatable bonds is 3. The molecule has 0 unspecified atom stereocenters. The first-order valence-electron chi connectivity index (χ1n) is 4.56. The van der Waals surface area contributed by atoms with Gasteiger partial charge in [0.25, 0.3) is 0 Å². The average molecular weight is 270 g/mol. The lowest BCUT2D eigenvalue weighted by atomic mass is 10.1. The topological polar surface area (TPSA) is 46.2 Å². The van der Waals surface area contributed by atoms with Crippen molar-refractivity contribution >= 4 is 33.3 Å². The molecule has 0 saturated heterocycles. The zero-order valence-electron chi connectivity index (χ0n) is 8.58. The molecule has 0 bridgehead atoms. The summed E-state index contributed by atoms with van der Waals surface area (Å²) in [5.41, 5.74) is 1.33. The Balaban J connectivity index is 2.81. The normalized spacial score (nSPS) is 11.9. The van der Waals surface area contributed by atoms with Crippen LogP contribution in [0.3, 0.4) is 0 Å². The van der Waals surface area contributed by atoms with Gasteiger partial charge in [0.1, 0.15) is 0 Å². The molecule has 0 aromatic heterocycles. The Morgan fingerprint density at radius 2 is 1.80 bits per heavy atom. The van der Waals surface area contributed by atoms with Crippen molar-refractivity contribution in [3.05, 3.63) is 29.8 Å². The van der Waals surface area contributed by atoms with Gasteiger partial charge in [-0.2, -0.15) is 0 Å². The summed E-state index contributed by atoms with van der Waals surface area (Å²) in [6, 6.07) is 6.82. The standard InChI is InChI=1S/C11H12BrNO2/c1-7(12)11(15)9-3-5-10(6-4-9)13-8(2)14/h3-7H,1-2H3,(H,13,14)/t7-/m1/s1. The number of benzene rings is 1. The van der Waals surface area contributed by atoms with Crippen LogP contribution in [0.15, 0.2) is 24.3 Å². The molecule has 0 aliphatic carbocycles. The van der Waals surface area contributed by atoms with E-state index in [-0.39, 0.29) is 16.5 Å². The number of hydrogen-bond donors (Lipinski definition) is 1. The highest BCUT2D eigenvalue weighted by atomic mass is 79.9. The van der Waals surface area contributed by atoms with E-state index >= 15 is 0 Å². The van der Waals surface area contributed by atoms with Crippen LogP contribution >= 0.6 is 15.9 Å². The van der Waals surface area contributed by atoms with Gasteiger partial charge in [0, 0.05) is 18.2 Å². The Bertz CT molecular complexity index is 371. The Kier molecular flexibility index (Phi) is 4.03. The van der Waals surface area contributed by atoms with E-state index in [0.717, 1.165) is 0 Å². The number of nitrogens with one attached hydrogen (secondary N) is 1. The van der Waals surface area contributed by atoms with E-state index in [1.807, 2.05) is 0 Å². The molecule has 1 rings (SSSR count). The van der Waals surface area contributed by atoms with E-state index in [2.05, 4.69) is 21.2 Å². The lowest BCUT2D eigenvalue weighted by Gasteiger charge is -2.05. The summed E-state index contributed by atoms with van der Waals surface area (Å²) in [6.07, 6.45) is 0. The van der Waals surface area contributed by atoms with Gasteiger partial charge >= 0.3 is 0 Å². The Morgan fingerprint density at radius 1 is 1.27 bits per heavy atom. The zero-order valence-corrected chi connectivity index (χ0v) is 10.2. The predicted molar refractivity (Wildman–Crippen MR) is 63.5 cm³/mol. The van der Waals surface area contributed by atoms with Crippen molar-refractivity contribution in [1.29, 1.82) is 0 Å². The monoisotopic (exact) mass is 269 g/mol. The van der Waals surface area contributed by atoms with Gasteiger partial charge in [-0.3, -0.25) is 9.59 Å². The van der Waals surface area contributed by atoms with E-state index < -0.39 is 0 Å². The van der Waals surface area contributed by atoms with Crippen molar-refractivity contribution in [2.75, 3.05) is 5.32 Å². The second kappa shape index (κ2) is 5.07. The van der Waals surface area contributed by atoms with E-state index in [1.54, 1.807) is 31.2 Å². The van der Waals surface area contributed by atoms with Crippen molar-refractivity contribution in [3.8, 4) is 0 Å². The summed E-state index contributed by atoms with van der Waals surface area (Å²) in [5.74, 6) is -0.0905. The van der Waals surface area contributed by atoms with Gasteiger partial charge in [-0.1, -0.05) is 15.9 Å². The second-order valence-electron chi connectivity index (χ2n) is 3.24. The first-order valence-corrected chi connectivity index (χ1v) is 5.48. The number of ketones is 1. The number of alkyl halides is 1. The van der Waals surface area contributed by atoms with E-state index in [1.165, 1.54) is 6.92 Å². The highest BCUT2D eigenvalue weighted by molar-refractivity contribution is 9.10. The number of carbonyl (C=O) groups excluding carboxylic acids is 2. The summed E-state index contributed by atoms with van der Waals surface area (Å²) in [7, 11) is 0. The van der Waals surface area contributed by atoms with Gasteiger partial charge in [-0.05, 0) is 31.2 Å². The molecule has 0 saturated carbocycles. The van der Waals surface area contributed by atoms with Crippen LogP contribution in [0, 0.1) is 0 Å². The predicted octanol–water partition coefficient (Wildman–Crippen LogP) is 2.61. The van der Waals surface area contributed by atoms with Gasteiger partial charge in [0.2, 0.25) is 5.91 Å². The number of Topliss-reactive ketones (excluding diaryl/α,β-unsaturated/α-hetero) is 1. The minimum atomic E-state index is -0.191. The second-order valence-corrected chi connectivity index (χ2v) is 4.61. The van der Waals surface area contributed by atoms with Crippen molar-refractivity contribution < 1.29 is 9.59 Å². The highest BCUT2D eigenvalue weighted by Crippen LogP contribution is 2.13. The maximum Gasteiger partial charge on any atom is 0.221 e. The molecule has 0 radical (unpaired) electrons. The third-order valence-electron chi connectivity index (χ3n) is 1.85. The lowest BCUT2D eigenvalue weighted by molar-refractivity contribution is -0.114. The molecule has 1 aromatic carbocycles. The third-order valence-corrected chi connectivity index (χ3v) is 2.27. The molecule has 1 N–H and O–H groups in total. The van der Waals surface area contributed by atoms with Crippen molar-refractivity contribution in [2.45, 2.75) is 18.7 Å². The maximum atomic E-state index is 11.5. The molecule has 0 aliphatic rings. The summed E-state index contributed by atoms with van der Waals surface area (Å²) >= 11 is 3.22. The van der Waals surface area contributed by atoms with Crippen LogP contribution in [-0.2, 0) is 4.79 Å². The fraction of sp³-hybridized carbons (Fsp3) is 0.273. The first-order chi connectivity index (χ1) is 7.00. The number of amides is 1. The molecule has 0 fully saturated rings. The minimum absolute atomic E-state index is 0.0318. The van der Waals surface area contributed by atoms with Gasteiger partial charge in [0.15, 0.2) is 5.78 Å². The largest absolute Gasteiger partial charge is 0.326 e. The quantitative estimate of drug-likeness (QED) is 0.677. The van der Waals surface area contributed by atoms with Crippen LogP contribution in [0.5, 0.6) is 0 Å². The molecule has 1 atom stereocenters. The van der Waals surface area contributed by atoms with Gasteiger partial charge in [-0.25, -0.2) is 0 Å². The number of halogens is 1. The SMILES string of the molecule is CC(=O)Nc1ccc(C(=O)[C@@H](C)Br)cc1. The molecular formula is C11H12BrNO2. The molecule has 80 valence electrons. The first kappa shape index (κ1) is 11.9. The smallest absolute Gasteiger partial charge is 0.221 e. The van der Waals surface area contributed by atoms with Crippen LogP contribution in [0.4, 0.5) is 5.69 Å². The summed E-state index contributed by atoms with van der Waals surface area (Å²) in [4.78, 5) is 22.1. The summed E-state index contributed by atoms with van der Waals surface area (Å²) in [6.45, 7) is 3.23. The molecule has 3 nitrogen and oxygen atoms in total. The lowest BCUT2D eigenvalue weighted by Crippen LogP contribution is -2.10. The molecule has 0 spiro atoms. The van der Waals surface area contributed by atoms with Crippen LogP contribution < -0.4 is 5.32 Å². The molecule has 15 heavy (non-hydrogen) atoms. The molecule has 0 aliphatic heterocycles. The summed E-state index contributed by atoms with van der Waals surface area (Å²) in [5, 5.41) is 2.64. The van der Waals surface area contributed by atoms with E-state index in [0.29, 0.717) is 11.3 Å². The summed E-state index contributed by atoms with van der Waals surface area (Å²) < 4.78 is 0. The number of hydrogen-bond acceptors (Lipinski definition) is 2. The third kappa shape index (κ3) is 3.47. The zero-order chi connectivity index (χ0) is 11.4. The van der Waals surface area contributed by atoms with Crippen molar-refractivity contribution in [2.24, 2.45) is 0 Å².